The van der Waals surface area contributed by atoms with E-state index in [9.17, 15) is 4.79 Å². The number of carbonyl (C=O) groups excluding carboxylic acids is 1. The molecule has 0 saturated carbocycles. The fourth-order valence-electron chi connectivity index (χ4n) is 1.63. The summed E-state index contributed by atoms with van der Waals surface area (Å²) in [4.78, 5) is 13.8. The maximum Gasteiger partial charge on any atom is 0.305 e. The number of esters is 1. The smallest absolute Gasteiger partial charge is 0.305 e. The molecule has 0 aromatic carbocycles. The Bertz CT molecular complexity index is 245. The molecular weight excluding hydrogens is 236 g/mol. The second-order valence-corrected chi connectivity index (χ2v) is 5.11. The van der Waals surface area contributed by atoms with Gasteiger partial charge >= 0.3 is 5.97 Å². The predicted octanol–water partition coefficient (Wildman–Crippen LogP) is 1.57. The standard InChI is InChI=1S/C12H24N2O2S/c1-10(2)9-14(8-6-11(13)17)7-4-5-12(15)16-3/h10H,4-9H2,1-3H3,(H2,13,17). The van der Waals surface area contributed by atoms with Crippen LogP contribution in [-0.2, 0) is 9.53 Å². The Morgan fingerprint density at radius 2 is 2.00 bits per heavy atom. The van der Waals surface area contributed by atoms with Gasteiger partial charge in [-0.15, -0.1) is 0 Å². The summed E-state index contributed by atoms with van der Waals surface area (Å²) >= 11 is 4.88. The molecule has 0 aliphatic rings. The number of carbonyl (C=O) groups is 1. The molecule has 0 fully saturated rings. The topological polar surface area (TPSA) is 55.6 Å². The van der Waals surface area contributed by atoms with Crippen LogP contribution in [0.3, 0.4) is 0 Å². The molecule has 0 atom stereocenters. The molecular formula is C12H24N2O2S. The van der Waals surface area contributed by atoms with Gasteiger partial charge in [-0.2, -0.15) is 0 Å². The Labute approximate surface area is 109 Å². The molecule has 0 unspecified atom stereocenters. The summed E-state index contributed by atoms with van der Waals surface area (Å²) in [6.07, 6.45) is 2.02. The molecule has 5 heteroatoms. The minimum absolute atomic E-state index is 0.149. The first kappa shape index (κ1) is 16.3. The number of rotatable bonds is 9. The number of hydrogen-bond acceptors (Lipinski definition) is 4. The molecule has 0 aromatic rings. The lowest BCUT2D eigenvalue weighted by molar-refractivity contribution is -0.140. The van der Waals surface area contributed by atoms with Gasteiger partial charge in [-0.3, -0.25) is 4.79 Å². The van der Waals surface area contributed by atoms with Gasteiger partial charge in [0.1, 0.15) is 0 Å². The SMILES string of the molecule is COC(=O)CCCN(CCC(N)=S)CC(C)C. The Morgan fingerprint density at radius 3 is 2.47 bits per heavy atom. The van der Waals surface area contributed by atoms with Crippen LogP contribution in [0.2, 0.25) is 0 Å². The molecule has 0 aliphatic heterocycles. The zero-order valence-corrected chi connectivity index (χ0v) is 11.9. The Morgan fingerprint density at radius 1 is 1.35 bits per heavy atom. The fraction of sp³-hybridized carbons (Fsp3) is 0.833. The highest BCUT2D eigenvalue weighted by Gasteiger charge is 2.09. The van der Waals surface area contributed by atoms with Gasteiger partial charge in [-0.05, 0) is 18.9 Å². The Kier molecular flexibility index (Phi) is 8.99. The fourth-order valence-corrected chi connectivity index (χ4v) is 1.72. The monoisotopic (exact) mass is 260 g/mol. The van der Waals surface area contributed by atoms with E-state index in [4.69, 9.17) is 18.0 Å². The van der Waals surface area contributed by atoms with Crippen molar-refractivity contribution in [3.63, 3.8) is 0 Å². The number of thiocarbonyl (C=S) groups is 1. The summed E-state index contributed by atoms with van der Waals surface area (Å²) in [5.41, 5.74) is 5.50. The van der Waals surface area contributed by atoms with Gasteiger partial charge in [0.2, 0.25) is 0 Å². The van der Waals surface area contributed by atoms with Crippen molar-refractivity contribution in [1.82, 2.24) is 4.90 Å². The highest BCUT2D eigenvalue weighted by Crippen LogP contribution is 2.03. The average Bonchev–Trinajstić information content (AvgIpc) is 2.24. The van der Waals surface area contributed by atoms with E-state index in [1.54, 1.807) is 0 Å². The maximum atomic E-state index is 11.0. The molecule has 17 heavy (non-hydrogen) atoms. The maximum absolute atomic E-state index is 11.0. The van der Waals surface area contributed by atoms with Crippen molar-refractivity contribution in [2.75, 3.05) is 26.7 Å². The molecule has 0 heterocycles. The van der Waals surface area contributed by atoms with Gasteiger partial charge in [0.15, 0.2) is 0 Å². The Hall–Kier alpha value is -0.680. The van der Waals surface area contributed by atoms with Gasteiger partial charge in [0, 0.05) is 25.9 Å². The van der Waals surface area contributed by atoms with Gasteiger partial charge in [-0.25, -0.2) is 0 Å². The summed E-state index contributed by atoms with van der Waals surface area (Å²) in [5, 5.41) is 0. The molecule has 0 amide bonds. The van der Waals surface area contributed by atoms with Gasteiger partial charge in [0.25, 0.3) is 0 Å². The lowest BCUT2D eigenvalue weighted by Gasteiger charge is -2.23. The lowest BCUT2D eigenvalue weighted by Crippen LogP contribution is -2.32. The minimum atomic E-state index is -0.149. The number of nitrogens with zero attached hydrogens (tertiary/aromatic N) is 1. The van der Waals surface area contributed by atoms with Crippen LogP contribution in [0.1, 0.15) is 33.1 Å². The van der Waals surface area contributed by atoms with Crippen LogP contribution < -0.4 is 5.73 Å². The summed E-state index contributed by atoms with van der Waals surface area (Å²) in [6, 6.07) is 0. The van der Waals surface area contributed by atoms with Crippen molar-refractivity contribution in [1.29, 1.82) is 0 Å². The second-order valence-electron chi connectivity index (χ2n) is 4.59. The van der Waals surface area contributed by atoms with E-state index in [0.717, 1.165) is 32.5 Å². The molecule has 0 spiro atoms. The first-order chi connectivity index (χ1) is 7.95. The molecule has 0 aliphatic carbocycles. The third-order valence-electron chi connectivity index (χ3n) is 2.38. The zero-order chi connectivity index (χ0) is 13.3. The van der Waals surface area contributed by atoms with Gasteiger partial charge in [0.05, 0.1) is 12.1 Å². The molecule has 0 aromatic heterocycles. The molecule has 4 nitrogen and oxygen atoms in total. The van der Waals surface area contributed by atoms with Crippen LogP contribution in [0.4, 0.5) is 0 Å². The van der Waals surface area contributed by atoms with Crippen LogP contribution >= 0.6 is 12.2 Å². The summed E-state index contributed by atoms with van der Waals surface area (Å²) in [6.45, 7) is 7.11. The number of hydrogen-bond donors (Lipinski definition) is 1. The number of nitrogens with two attached hydrogens (primary N) is 1. The van der Waals surface area contributed by atoms with Crippen LogP contribution in [-0.4, -0.2) is 42.6 Å². The highest BCUT2D eigenvalue weighted by atomic mass is 32.1. The van der Waals surface area contributed by atoms with Crippen LogP contribution in [0.25, 0.3) is 0 Å². The first-order valence-electron chi connectivity index (χ1n) is 6.03. The van der Waals surface area contributed by atoms with E-state index >= 15 is 0 Å². The first-order valence-corrected chi connectivity index (χ1v) is 6.44. The molecule has 2 N–H and O–H groups in total. The second kappa shape index (κ2) is 9.36. The minimum Gasteiger partial charge on any atom is -0.469 e. The zero-order valence-electron chi connectivity index (χ0n) is 11.1. The summed E-state index contributed by atoms with van der Waals surface area (Å²) in [5.74, 6) is 0.448. The van der Waals surface area contributed by atoms with Crippen molar-refractivity contribution in [2.24, 2.45) is 11.7 Å². The van der Waals surface area contributed by atoms with Crippen molar-refractivity contribution in [3.05, 3.63) is 0 Å². The van der Waals surface area contributed by atoms with E-state index in [1.165, 1.54) is 7.11 Å². The largest absolute Gasteiger partial charge is 0.469 e. The van der Waals surface area contributed by atoms with Crippen LogP contribution in [0, 0.1) is 5.92 Å². The number of methoxy groups -OCH3 is 1. The molecule has 0 saturated heterocycles. The third kappa shape index (κ3) is 10.2. The van der Waals surface area contributed by atoms with Crippen molar-refractivity contribution >= 4 is 23.2 Å². The van der Waals surface area contributed by atoms with E-state index in [-0.39, 0.29) is 5.97 Å². The molecule has 0 bridgehead atoms. The summed E-state index contributed by atoms with van der Waals surface area (Å²) in [7, 11) is 1.42. The Balaban J connectivity index is 3.92. The quantitative estimate of drug-likeness (QED) is 0.504. The van der Waals surface area contributed by atoms with E-state index in [1.807, 2.05) is 0 Å². The van der Waals surface area contributed by atoms with Crippen molar-refractivity contribution in [2.45, 2.75) is 33.1 Å². The van der Waals surface area contributed by atoms with E-state index in [0.29, 0.717) is 17.3 Å². The molecule has 100 valence electrons. The van der Waals surface area contributed by atoms with Crippen molar-refractivity contribution in [3.8, 4) is 0 Å². The van der Waals surface area contributed by atoms with Crippen LogP contribution in [0.5, 0.6) is 0 Å². The van der Waals surface area contributed by atoms with Gasteiger partial charge < -0.3 is 15.4 Å². The molecule has 0 rings (SSSR count). The predicted molar refractivity (Wildman–Crippen MR) is 73.9 cm³/mol. The summed E-state index contributed by atoms with van der Waals surface area (Å²) < 4.78 is 4.61. The average molecular weight is 260 g/mol. The van der Waals surface area contributed by atoms with E-state index < -0.39 is 0 Å². The van der Waals surface area contributed by atoms with E-state index in [2.05, 4.69) is 23.5 Å². The lowest BCUT2D eigenvalue weighted by atomic mass is 10.2. The van der Waals surface area contributed by atoms with Crippen molar-refractivity contribution < 1.29 is 9.53 Å². The van der Waals surface area contributed by atoms with Gasteiger partial charge in [-0.1, -0.05) is 26.1 Å². The highest BCUT2D eigenvalue weighted by molar-refractivity contribution is 7.80. The van der Waals surface area contributed by atoms with Crippen LogP contribution in [0.15, 0.2) is 0 Å². The normalized spacial score (nSPS) is 10.9. The molecule has 0 radical (unpaired) electrons. The third-order valence-corrected chi connectivity index (χ3v) is 2.58. The number of ether oxygens (including phenoxy) is 1.